The molecule has 1 aromatic carbocycles. The normalized spacial score (nSPS) is 20.8. The van der Waals surface area contributed by atoms with Crippen LogP contribution in [0.1, 0.15) is 18.4 Å². The Morgan fingerprint density at radius 3 is 2.87 bits per heavy atom. The molecule has 0 saturated carbocycles. The van der Waals surface area contributed by atoms with Crippen LogP contribution in [0, 0.1) is 0 Å². The lowest BCUT2D eigenvalue weighted by atomic mass is 10.0. The lowest BCUT2D eigenvalue weighted by molar-refractivity contribution is 0.0934. The van der Waals surface area contributed by atoms with E-state index >= 15 is 0 Å². The smallest absolute Gasteiger partial charge is 0.410 e. The summed E-state index contributed by atoms with van der Waals surface area (Å²) in [5.74, 6) is 0.523. The number of fused-ring (bicyclic) bond motifs is 2. The summed E-state index contributed by atoms with van der Waals surface area (Å²) in [5.41, 5.74) is 1.14. The molecule has 2 aliphatic rings. The van der Waals surface area contributed by atoms with E-state index in [2.05, 4.69) is 9.97 Å². The fourth-order valence-electron chi connectivity index (χ4n) is 3.96. The summed E-state index contributed by atoms with van der Waals surface area (Å²) >= 11 is 5.93. The third kappa shape index (κ3) is 3.59. The fourth-order valence-corrected chi connectivity index (χ4v) is 4.08. The molecule has 2 aromatic heterocycles. The van der Waals surface area contributed by atoms with Gasteiger partial charge in [0.2, 0.25) is 0 Å². The van der Waals surface area contributed by atoms with Gasteiger partial charge in [0.25, 0.3) is 5.56 Å². The molecule has 0 unspecified atom stereocenters. The zero-order valence-corrected chi connectivity index (χ0v) is 16.8. The first-order valence-electron chi connectivity index (χ1n) is 9.76. The van der Waals surface area contributed by atoms with Crippen molar-refractivity contribution in [3.63, 3.8) is 0 Å². The van der Waals surface area contributed by atoms with Gasteiger partial charge in [0, 0.05) is 24.4 Å². The number of hydrogen-bond donors (Lipinski definition) is 0. The van der Waals surface area contributed by atoms with Crippen molar-refractivity contribution in [3.05, 3.63) is 63.8 Å². The first-order chi connectivity index (χ1) is 14.6. The molecule has 0 radical (unpaired) electrons. The minimum absolute atomic E-state index is 0.0444. The van der Waals surface area contributed by atoms with Gasteiger partial charge in [-0.1, -0.05) is 23.7 Å². The third-order valence-corrected chi connectivity index (χ3v) is 5.77. The van der Waals surface area contributed by atoms with Crippen molar-refractivity contribution in [2.24, 2.45) is 0 Å². The minimum Gasteiger partial charge on any atom is -0.489 e. The van der Waals surface area contributed by atoms with Crippen molar-refractivity contribution in [1.82, 2.24) is 19.4 Å². The van der Waals surface area contributed by atoms with E-state index in [1.54, 1.807) is 29.3 Å². The van der Waals surface area contributed by atoms with E-state index in [9.17, 15) is 9.59 Å². The van der Waals surface area contributed by atoms with E-state index in [1.165, 1.54) is 10.9 Å². The van der Waals surface area contributed by atoms with Crippen LogP contribution in [-0.4, -0.2) is 50.8 Å². The lowest BCUT2D eigenvalue weighted by Crippen LogP contribution is -2.44. The number of cyclic esters (lactones) is 1. The second-order valence-corrected chi connectivity index (χ2v) is 7.97. The molecule has 2 atom stereocenters. The molecule has 0 spiro atoms. The Kier molecular flexibility index (Phi) is 4.78. The number of pyridine rings is 1. The maximum absolute atomic E-state index is 13.0. The molecule has 0 aliphatic carbocycles. The summed E-state index contributed by atoms with van der Waals surface area (Å²) in [6.45, 7) is 1.39. The number of rotatable bonds is 4. The van der Waals surface area contributed by atoms with Crippen molar-refractivity contribution in [2.75, 3.05) is 13.2 Å². The van der Waals surface area contributed by atoms with Crippen LogP contribution in [0.15, 0.2) is 47.7 Å². The molecular formula is C21H19ClN4O4. The number of halogens is 1. The second-order valence-electron chi connectivity index (χ2n) is 7.53. The second kappa shape index (κ2) is 7.60. The highest BCUT2D eigenvalue weighted by Gasteiger charge is 2.38. The number of ether oxygens (including phenoxy) is 2. The molecule has 0 N–H and O–H groups in total. The highest BCUT2D eigenvalue weighted by molar-refractivity contribution is 6.30. The van der Waals surface area contributed by atoms with Crippen molar-refractivity contribution >= 4 is 28.7 Å². The summed E-state index contributed by atoms with van der Waals surface area (Å²) in [5, 5.41) is 1.05. The van der Waals surface area contributed by atoms with E-state index in [1.807, 2.05) is 12.1 Å². The van der Waals surface area contributed by atoms with Crippen LogP contribution in [0.2, 0.25) is 5.02 Å². The maximum Gasteiger partial charge on any atom is 0.410 e. The predicted octanol–water partition coefficient (Wildman–Crippen LogP) is 2.86. The Morgan fingerprint density at radius 1 is 1.20 bits per heavy atom. The Labute approximate surface area is 177 Å². The van der Waals surface area contributed by atoms with E-state index in [0.717, 1.165) is 5.56 Å². The molecule has 3 aromatic rings. The molecule has 1 amide bonds. The highest BCUT2D eigenvalue weighted by Crippen LogP contribution is 2.27. The van der Waals surface area contributed by atoms with Gasteiger partial charge >= 0.3 is 6.09 Å². The third-order valence-electron chi connectivity index (χ3n) is 5.52. The summed E-state index contributed by atoms with van der Waals surface area (Å²) in [6.07, 6.45) is 4.17. The van der Waals surface area contributed by atoms with E-state index < -0.39 is 0 Å². The Bertz CT molecular complexity index is 1160. The van der Waals surface area contributed by atoms with Gasteiger partial charge < -0.3 is 14.4 Å². The first-order valence-corrected chi connectivity index (χ1v) is 10.1. The SMILES string of the molecule is O=C1OC[C@@H]2C[C@@H](Oc3cnc4ncn(Cc5ccc(Cl)cc5)c(=O)c4c3)CCN12. The molecule has 2 saturated heterocycles. The summed E-state index contributed by atoms with van der Waals surface area (Å²) < 4.78 is 12.7. The molecule has 154 valence electrons. The molecule has 4 heterocycles. The molecule has 9 heteroatoms. The van der Waals surface area contributed by atoms with Crippen molar-refractivity contribution in [2.45, 2.75) is 31.5 Å². The van der Waals surface area contributed by atoms with Crippen LogP contribution in [0.25, 0.3) is 11.0 Å². The minimum atomic E-state index is -0.252. The lowest BCUT2D eigenvalue weighted by Gasteiger charge is -2.32. The molecule has 30 heavy (non-hydrogen) atoms. The topological polar surface area (TPSA) is 86.5 Å². The standard InChI is InChI=1S/C21H19ClN4O4/c22-14-3-1-13(2-4-14)10-25-12-24-19-18(20(25)27)8-17(9-23-19)30-16-5-6-26-15(7-16)11-29-21(26)28/h1-4,8-9,12,15-16H,5-7,10-11H2/t15-,16-/m0/s1. The van der Waals surface area contributed by atoms with Gasteiger partial charge in [-0.25, -0.2) is 14.8 Å². The maximum atomic E-state index is 13.0. The van der Waals surface area contributed by atoms with Gasteiger partial charge in [0.05, 0.1) is 24.2 Å². The van der Waals surface area contributed by atoms with Gasteiger partial charge in [-0.05, 0) is 23.8 Å². The van der Waals surface area contributed by atoms with Crippen LogP contribution in [0.5, 0.6) is 5.75 Å². The number of carbonyl (C=O) groups is 1. The van der Waals surface area contributed by atoms with Gasteiger partial charge in [0.15, 0.2) is 5.65 Å². The van der Waals surface area contributed by atoms with Gasteiger partial charge in [-0.2, -0.15) is 0 Å². The average molecular weight is 427 g/mol. The van der Waals surface area contributed by atoms with Crippen LogP contribution in [0.3, 0.4) is 0 Å². The Hall–Kier alpha value is -3.13. The molecule has 5 rings (SSSR count). The van der Waals surface area contributed by atoms with E-state index in [4.69, 9.17) is 21.1 Å². The number of piperidine rings is 1. The van der Waals surface area contributed by atoms with E-state index in [0.29, 0.717) is 54.3 Å². The number of benzene rings is 1. The Balaban J connectivity index is 1.37. The van der Waals surface area contributed by atoms with Crippen LogP contribution >= 0.6 is 11.6 Å². The fraction of sp³-hybridized carbons (Fsp3) is 0.333. The van der Waals surface area contributed by atoms with Crippen LogP contribution in [0.4, 0.5) is 4.79 Å². The molecular weight excluding hydrogens is 408 g/mol. The van der Waals surface area contributed by atoms with Crippen molar-refractivity contribution in [3.8, 4) is 5.75 Å². The van der Waals surface area contributed by atoms with Gasteiger partial charge in [0.1, 0.15) is 24.8 Å². The van der Waals surface area contributed by atoms with E-state index in [-0.39, 0.29) is 23.8 Å². The Morgan fingerprint density at radius 2 is 2.03 bits per heavy atom. The largest absolute Gasteiger partial charge is 0.489 e. The van der Waals surface area contributed by atoms with Gasteiger partial charge in [-0.3, -0.25) is 9.36 Å². The van der Waals surface area contributed by atoms with Crippen LogP contribution in [-0.2, 0) is 11.3 Å². The molecule has 0 bridgehead atoms. The summed E-state index contributed by atoms with van der Waals surface area (Å²) in [4.78, 5) is 35.0. The van der Waals surface area contributed by atoms with Crippen molar-refractivity contribution < 1.29 is 14.3 Å². The van der Waals surface area contributed by atoms with Crippen molar-refractivity contribution in [1.29, 1.82) is 0 Å². The molecule has 2 aliphatic heterocycles. The summed E-state index contributed by atoms with van der Waals surface area (Å²) in [6, 6.07) is 9.07. The highest BCUT2D eigenvalue weighted by atomic mass is 35.5. The van der Waals surface area contributed by atoms with Crippen LogP contribution < -0.4 is 10.3 Å². The zero-order valence-electron chi connectivity index (χ0n) is 16.0. The number of hydrogen-bond acceptors (Lipinski definition) is 6. The van der Waals surface area contributed by atoms with Gasteiger partial charge in [-0.15, -0.1) is 0 Å². The predicted molar refractivity (Wildman–Crippen MR) is 110 cm³/mol. The quantitative estimate of drug-likeness (QED) is 0.637. The molecule has 2 fully saturated rings. The monoisotopic (exact) mass is 426 g/mol. The number of carbonyl (C=O) groups excluding carboxylic acids is 1. The zero-order chi connectivity index (χ0) is 20.7. The number of nitrogens with zero attached hydrogens (tertiary/aromatic N) is 4. The summed E-state index contributed by atoms with van der Waals surface area (Å²) in [7, 11) is 0. The number of amides is 1. The average Bonchev–Trinajstić information content (AvgIpc) is 3.12. The number of aromatic nitrogens is 3. The first kappa shape index (κ1) is 18.9. The molecule has 8 nitrogen and oxygen atoms in total.